The van der Waals surface area contributed by atoms with E-state index in [1.165, 1.54) is 70.4 Å². The molecule has 9 aromatic carbocycles. The second-order valence-corrected chi connectivity index (χ2v) is 11.3. The summed E-state index contributed by atoms with van der Waals surface area (Å²) in [6.07, 6.45) is 0.900. The average Bonchev–Trinajstić information content (AvgIpc) is 3.05. The van der Waals surface area contributed by atoms with E-state index in [2.05, 4.69) is 115 Å². The monoisotopic (exact) mass is 534 g/mol. The summed E-state index contributed by atoms with van der Waals surface area (Å²) in [6.45, 7) is 0. The van der Waals surface area contributed by atoms with Crippen LogP contribution in [0, 0.1) is 0 Å². The third-order valence-electron chi connectivity index (χ3n) is 8.85. The van der Waals surface area contributed by atoms with E-state index in [1.807, 2.05) is 30.3 Å². The number of para-hydroxylation sites is 1. The Kier molecular flexibility index (Phi) is 5.03. The van der Waals surface area contributed by atoms with Gasteiger partial charge in [0.05, 0.1) is 0 Å². The minimum absolute atomic E-state index is 0.844. The van der Waals surface area contributed by atoms with Crippen LogP contribution >= 0.6 is 0 Å². The minimum Gasteiger partial charge on any atom is -0.457 e. The first-order chi connectivity index (χ1) is 20.8. The topological polar surface area (TPSA) is 9.23 Å². The summed E-state index contributed by atoms with van der Waals surface area (Å²) in [4.78, 5) is 0. The summed E-state index contributed by atoms with van der Waals surface area (Å²) in [7, 11) is 0. The largest absolute Gasteiger partial charge is 0.457 e. The van der Waals surface area contributed by atoms with Gasteiger partial charge in [-0.1, -0.05) is 109 Å². The summed E-state index contributed by atoms with van der Waals surface area (Å²) in [5.74, 6) is 1.73. The number of fused-ring (bicyclic) bond motifs is 6. The van der Waals surface area contributed by atoms with Gasteiger partial charge in [-0.05, 0) is 108 Å². The average molecular weight is 535 g/mol. The third kappa shape index (κ3) is 3.44. The molecular weight excluding hydrogens is 508 g/mol. The molecule has 0 aliphatic rings. The second-order valence-electron chi connectivity index (χ2n) is 11.3. The van der Waals surface area contributed by atoms with Crippen molar-refractivity contribution in [2.75, 3.05) is 0 Å². The van der Waals surface area contributed by atoms with Gasteiger partial charge in [-0.3, -0.25) is 0 Å². The fourth-order valence-electron chi connectivity index (χ4n) is 7.04. The molecule has 0 aromatic heterocycles. The molecule has 0 aliphatic carbocycles. The lowest BCUT2D eigenvalue weighted by Gasteiger charge is -2.21. The van der Waals surface area contributed by atoms with Crippen molar-refractivity contribution in [1.82, 2.24) is 0 Å². The summed E-state index contributed by atoms with van der Waals surface area (Å²) in [6, 6.07) is 52.4. The normalized spacial score (nSPS) is 11.9. The predicted molar refractivity (Wildman–Crippen MR) is 178 cm³/mol. The summed E-state index contributed by atoms with van der Waals surface area (Å²) >= 11 is 0. The highest BCUT2D eigenvalue weighted by molar-refractivity contribution is 6.42. The van der Waals surface area contributed by atoms with E-state index in [4.69, 9.17) is 4.74 Å². The zero-order valence-corrected chi connectivity index (χ0v) is 23.0. The van der Waals surface area contributed by atoms with Crippen LogP contribution in [-0.2, 0) is 6.42 Å². The van der Waals surface area contributed by atoms with E-state index in [1.54, 1.807) is 0 Å². The standard InChI is InChI=1S/C41H26O/c1-3-11-26(12-4-1)23-29-19-20-33-39-32-18-10-8-14-28(32)25-36-37(42-30-15-5-2-6-16-30)22-21-34(41(36)39)38-31-17-9-7-13-27(31)24-35(29)40(33)38/h1-22,24-25H,23H2. The van der Waals surface area contributed by atoms with Gasteiger partial charge in [0.1, 0.15) is 11.5 Å². The van der Waals surface area contributed by atoms with Gasteiger partial charge in [0.15, 0.2) is 0 Å². The van der Waals surface area contributed by atoms with Gasteiger partial charge in [-0.15, -0.1) is 0 Å². The van der Waals surface area contributed by atoms with Crippen LogP contribution in [0.5, 0.6) is 11.5 Å². The van der Waals surface area contributed by atoms with Gasteiger partial charge >= 0.3 is 0 Å². The SMILES string of the molecule is c1ccc(Cc2ccc3c4c2cc2ccccc2c4c2ccc(Oc4ccccc4)c4cc5ccccc5c3c42)cc1. The molecule has 1 nitrogen and oxygen atoms in total. The van der Waals surface area contributed by atoms with Gasteiger partial charge in [0.2, 0.25) is 0 Å². The fraction of sp³-hybridized carbons (Fsp3) is 0.0244. The molecule has 42 heavy (non-hydrogen) atoms. The van der Waals surface area contributed by atoms with E-state index in [0.29, 0.717) is 0 Å². The van der Waals surface area contributed by atoms with E-state index in [9.17, 15) is 0 Å². The van der Waals surface area contributed by atoms with Crippen molar-refractivity contribution in [3.8, 4) is 11.5 Å². The van der Waals surface area contributed by atoms with Gasteiger partial charge < -0.3 is 4.74 Å². The molecule has 0 saturated heterocycles. The Labute approximate surface area is 243 Å². The Morgan fingerprint density at radius 1 is 0.381 bits per heavy atom. The Morgan fingerprint density at radius 2 is 0.905 bits per heavy atom. The van der Waals surface area contributed by atoms with Crippen LogP contribution < -0.4 is 4.74 Å². The van der Waals surface area contributed by atoms with E-state index in [-0.39, 0.29) is 0 Å². The molecule has 0 radical (unpaired) electrons. The van der Waals surface area contributed by atoms with Gasteiger partial charge in [0.25, 0.3) is 0 Å². The fourth-order valence-corrected chi connectivity index (χ4v) is 7.04. The smallest absolute Gasteiger partial charge is 0.135 e. The molecular formula is C41H26O. The highest BCUT2D eigenvalue weighted by Crippen LogP contribution is 2.49. The lowest BCUT2D eigenvalue weighted by atomic mass is 9.83. The number of ether oxygens (including phenoxy) is 1. The Bertz CT molecular complexity index is 2260. The number of rotatable bonds is 4. The van der Waals surface area contributed by atoms with E-state index >= 15 is 0 Å². The lowest BCUT2D eigenvalue weighted by Crippen LogP contribution is -1.95. The molecule has 196 valence electrons. The molecule has 9 aromatic rings. The number of benzene rings is 9. The molecule has 0 atom stereocenters. The Morgan fingerprint density at radius 3 is 1.60 bits per heavy atom. The summed E-state index contributed by atoms with van der Waals surface area (Å²) < 4.78 is 6.55. The van der Waals surface area contributed by atoms with Crippen LogP contribution in [0.3, 0.4) is 0 Å². The zero-order valence-electron chi connectivity index (χ0n) is 23.0. The molecule has 0 heterocycles. The predicted octanol–water partition coefficient (Wildman–Crippen LogP) is 11.4. The Balaban J connectivity index is 1.48. The maximum absolute atomic E-state index is 6.55. The molecule has 0 saturated carbocycles. The highest BCUT2D eigenvalue weighted by atomic mass is 16.5. The minimum atomic E-state index is 0.844. The van der Waals surface area contributed by atoms with Crippen molar-refractivity contribution in [2.45, 2.75) is 6.42 Å². The van der Waals surface area contributed by atoms with Crippen LogP contribution in [0.4, 0.5) is 0 Å². The van der Waals surface area contributed by atoms with Crippen molar-refractivity contribution in [1.29, 1.82) is 0 Å². The third-order valence-corrected chi connectivity index (χ3v) is 8.85. The maximum Gasteiger partial charge on any atom is 0.135 e. The first-order valence-electron chi connectivity index (χ1n) is 14.6. The van der Waals surface area contributed by atoms with Crippen molar-refractivity contribution in [3.63, 3.8) is 0 Å². The first kappa shape index (κ1) is 23.3. The molecule has 0 fully saturated rings. The van der Waals surface area contributed by atoms with Crippen molar-refractivity contribution in [3.05, 3.63) is 157 Å². The van der Waals surface area contributed by atoms with E-state index in [0.717, 1.165) is 23.3 Å². The van der Waals surface area contributed by atoms with Crippen molar-refractivity contribution >= 4 is 64.6 Å². The van der Waals surface area contributed by atoms with Gasteiger partial charge in [0, 0.05) is 10.8 Å². The molecule has 9 rings (SSSR count). The lowest BCUT2D eigenvalue weighted by molar-refractivity contribution is 0.488. The molecule has 0 unspecified atom stereocenters. The number of hydrogen-bond acceptors (Lipinski definition) is 1. The summed E-state index contributed by atoms with van der Waals surface area (Å²) in [5, 5.41) is 15.4. The number of hydrogen-bond donors (Lipinski definition) is 0. The molecule has 0 spiro atoms. The van der Waals surface area contributed by atoms with Crippen LogP contribution in [0.25, 0.3) is 64.6 Å². The van der Waals surface area contributed by atoms with Crippen LogP contribution in [0.2, 0.25) is 0 Å². The van der Waals surface area contributed by atoms with Gasteiger partial charge in [-0.2, -0.15) is 0 Å². The van der Waals surface area contributed by atoms with Crippen LogP contribution in [-0.4, -0.2) is 0 Å². The quantitative estimate of drug-likeness (QED) is 0.161. The zero-order chi connectivity index (χ0) is 27.6. The molecule has 1 heteroatoms. The first-order valence-corrected chi connectivity index (χ1v) is 14.6. The maximum atomic E-state index is 6.55. The molecule has 0 amide bonds. The molecule has 0 aliphatic heterocycles. The molecule has 0 N–H and O–H groups in total. The second kappa shape index (κ2) is 9.06. The summed E-state index contributed by atoms with van der Waals surface area (Å²) in [5.41, 5.74) is 2.69. The molecule has 0 bridgehead atoms. The van der Waals surface area contributed by atoms with E-state index < -0.39 is 0 Å². The van der Waals surface area contributed by atoms with Crippen LogP contribution in [0.15, 0.2) is 146 Å². The van der Waals surface area contributed by atoms with Crippen molar-refractivity contribution in [2.24, 2.45) is 0 Å². The highest BCUT2D eigenvalue weighted by Gasteiger charge is 2.21. The van der Waals surface area contributed by atoms with Crippen LogP contribution in [0.1, 0.15) is 11.1 Å². The van der Waals surface area contributed by atoms with Crippen molar-refractivity contribution < 1.29 is 4.74 Å². The Hall–Kier alpha value is -5.40. The van der Waals surface area contributed by atoms with Gasteiger partial charge in [-0.25, -0.2) is 0 Å².